The van der Waals surface area contributed by atoms with Gasteiger partial charge in [0, 0.05) is 25.5 Å². The van der Waals surface area contributed by atoms with Crippen molar-refractivity contribution in [2.24, 2.45) is 0 Å². The number of carbonyl (C=O) groups is 1. The normalized spacial score (nSPS) is 11.0. The van der Waals surface area contributed by atoms with Crippen LogP contribution in [0.2, 0.25) is 0 Å². The first-order chi connectivity index (χ1) is 10.7. The zero-order valence-electron chi connectivity index (χ0n) is 12.8. The standard InChI is InChI=1S/C13H21N7OS/c1-11(2)20-12(16-17-18-20)8-22-9-13(21)15-4-3-6-19-7-5-14-10-19/h5,7,10-11H,3-4,6,8-9H2,1-2H3,(H,15,21). The van der Waals surface area contributed by atoms with Gasteiger partial charge in [0.05, 0.1) is 23.9 Å². The number of rotatable bonds is 9. The number of tetrazole rings is 1. The highest BCUT2D eigenvalue weighted by molar-refractivity contribution is 7.99. The predicted molar refractivity (Wildman–Crippen MR) is 84.2 cm³/mol. The fourth-order valence-corrected chi connectivity index (χ4v) is 2.67. The zero-order valence-corrected chi connectivity index (χ0v) is 13.7. The van der Waals surface area contributed by atoms with Gasteiger partial charge in [0.2, 0.25) is 5.91 Å². The van der Waals surface area contributed by atoms with Crippen molar-refractivity contribution in [2.45, 2.75) is 38.6 Å². The van der Waals surface area contributed by atoms with E-state index in [9.17, 15) is 4.79 Å². The molecule has 0 bridgehead atoms. The Morgan fingerprint density at radius 2 is 2.32 bits per heavy atom. The van der Waals surface area contributed by atoms with Gasteiger partial charge < -0.3 is 9.88 Å². The van der Waals surface area contributed by atoms with Gasteiger partial charge in [-0.2, -0.15) is 0 Å². The van der Waals surface area contributed by atoms with Crippen LogP contribution in [0.4, 0.5) is 0 Å². The maximum atomic E-state index is 11.7. The third kappa shape index (κ3) is 5.14. The first kappa shape index (κ1) is 16.5. The average molecular weight is 323 g/mol. The van der Waals surface area contributed by atoms with Crippen LogP contribution >= 0.6 is 11.8 Å². The summed E-state index contributed by atoms with van der Waals surface area (Å²) in [6.07, 6.45) is 6.32. The molecule has 0 radical (unpaired) electrons. The summed E-state index contributed by atoms with van der Waals surface area (Å²) in [5.74, 6) is 1.89. The minimum Gasteiger partial charge on any atom is -0.355 e. The molecule has 120 valence electrons. The fraction of sp³-hybridized carbons (Fsp3) is 0.615. The summed E-state index contributed by atoms with van der Waals surface area (Å²) in [5, 5.41) is 14.5. The molecule has 0 aliphatic heterocycles. The number of hydrogen-bond acceptors (Lipinski definition) is 6. The molecule has 2 rings (SSSR count). The summed E-state index contributed by atoms with van der Waals surface area (Å²) >= 11 is 1.52. The fourth-order valence-electron chi connectivity index (χ4n) is 1.90. The van der Waals surface area contributed by atoms with Gasteiger partial charge in [0.1, 0.15) is 0 Å². The number of hydrogen-bond donors (Lipinski definition) is 1. The molecule has 0 fully saturated rings. The van der Waals surface area contributed by atoms with Gasteiger partial charge in [-0.05, 0) is 30.7 Å². The van der Waals surface area contributed by atoms with E-state index in [0.717, 1.165) is 18.8 Å². The lowest BCUT2D eigenvalue weighted by atomic mass is 10.4. The van der Waals surface area contributed by atoms with E-state index < -0.39 is 0 Å². The summed E-state index contributed by atoms with van der Waals surface area (Å²) in [4.78, 5) is 15.7. The quantitative estimate of drug-likeness (QED) is 0.689. The van der Waals surface area contributed by atoms with E-state index in [-0.39, 0.29) is 11.9 Å². The second kappa shape index (κ2) is 8.52. The van der Waals surface area contributed by atoms with Crippen molar-refractivity contribution in [3.8, 4) is 0 Å². The van der Waals surface area contributed by atoms with Gasteiger partial charge in [-0.25, -0.2) is 9.67 Å². The smallest absolute Gasteiger partial charge is 0.230 e. The number of aromatic nitrogens is 6. The molecular formula is C13H21N7OS. The van der Waals surface area contributed by atoms with Crippen molar-refractivity contribution in [1.82, 2.24) is 35.1 Å². The zero-order chi connectivity index (χ0) is 15.8. The van der Waals surface area contributed by atoms with Crippen molar-refractivity contribution in [2.75, 3.05) is 12.3 Å². The van der Waals surface area contributed by atoms with Crippen LogP contribution in [0.1, 0.15) is 32.1 Å². The molecule has 0 unspecified atom stereocenters. The summed E-state index contributed by atoms with van der Waals surface area (Å²) < 4.78 is 3.77. The number of imidazole rings is 1. The minimum absolute atomic E-state index is 0.0409. The number of nitrogens with one attached hydrogen (secondary N) is 1. The van der Waals surface area contributed by atoms with E-state index in [0.29, 0.717) is 18.1 Å². The second-order valence-corrected chi connectivity index (χ2v) is 6.12. The number of carbonyl (C=O) groups excluding carboxylic acids is 1. The lowest BCUT2D eigenvalue weighted by Gasteiger charge is -2.08. The van der Waals surface area contributed by atoms with Crippen LogP contribution in [0.25, 0.3) is 0 Å². The molecule has 8 nitrogen and oxygen atoms in total. The van der Waals surface area contributed by atoms with Gasteiger partial charge in [-0.1, -0.05) is 0 Å². The Morgan fingerprint density at radius 3 is 3.05 bits per heavy atom. The third-order valence-electron chi connectivity index (χ3n) is 2.99. The van der Waals surface area contributed by atoms with E-state index >= 15 is 0 Å². The van der Waals surface area contributed by atoms with Crippen molar-refractivity contribution >= 4 is 17.7 Å². The van der Waals surface area contributed by atoms with E-state index in [1.165, 1.54) is 11.8 Å². The van der Waals surface area contributed by atoms with Gasteiger partial charge in [-0.3, -0.25) is 4.79 Å². The molecule has 22 heavy (non-hydrogen) atoms. The molecule has 1 amide bonds. The van der Waals surface area contributed by atoms with Crippen molar-refractivity contribution < 1.29 is 4.79 Å². The molecule has 9 heteroatoms. The summed E-state index contributed by atoms with van der Waals surface area (Å²) in [7, 11) is 0. The van der Waals surface area contributed by atoms with Crippen molar-refractivity contribution in [1.29, 1.82) is 0 Å². The van der Waals surface area contributed by atoms with Gasteiger partial charge in [0.15, 0.2) is 5.82 Å². The van der Waals surface area contributed by atoms with Crippen LogP contribution in [0.5, 0.6) is 0 Å². The molecule has 0 saturated heterocycles. The van der Waals surface area contributed by atoms with Gasteiger partial charge >= 0.3 is 0 Å². The average Bonchev–Trinajstić information content (AvgIpc) is 3.15. The third-order valence-corrected chi connectivity index (χ3v) is 3.92. The molecule has 2 aromatic heterocycles. The number of amides is 1. The first-order valence-corrected chi connectivity index (χ1v) is 8.39. The van der Waals surface area contributed by atoms with E-state index in [4.69, 9.17) is 0 Å². The highest BCUT2D eigenvalue weighted by Crippen LogP contribution is 2.12. The maximum Gasteiger partial charge on any atom is 0.230 e. The van der Waals surface area contributed by atoms with E-state index in [1.54, 1.807) is 17.2 Å². The second-order valence-electron chi connectivity index (χ2n) is 5.13. The van der Waals surface area contributed by atoms with Crippen LogP contribution in [-0.2, 0) is 17.1 Å². The van der Waals surface area contributed by atoms with Gasteiger partial charge in [0.25, 0.3) is 0 Å². The summed E-state index contributed by atoms with van der Waals surface area (Å²) in [6, 6.07) is 0.225. The Balaban J connectivity index is 1.58. The van der Waals surface area contributed by atoms with Crippen molar-refractivity contribution in [3.63, 3.8) is 0 Å². The van der Waals surface area contributed by atoms with E-state index in [2.05, 4.69) is 25.8 Å². The highest BCUT2D eigenvalue weighted by atomic mass is 32.2. The number of nitrogens with zero attached hydrogens (tertiary/aromatic N) is 6. The summed E-state index contributed by atoms with van der Waals surface area (Å²) in [5.41, 5.74) is 0. The Bertz CT molecular complexity index is 567. The van der Waals surface area contributed by atoms with E-state index in [1.807, 2.05) is 24.6 Å². The number of thioether (sulfide) groups is 1. The molecule has 0 aromatic carbocycles. The van der Waals surface area contributed by atoms with Crippen LogP contribution in [0, 0.1) is 0 Å². The van der Waals surface area contributed by atoms with Crippen LogP contribution in [0.3, 0.4) is 0 Å². The monoisotopic (exact) mass is 323 g/mol. The largest absolute Gasteiger partial charge is 0.355 e. The highest BCUT2D eigenvalue weighted by Gasteiger charge is 2.10. The SMILES string of the molecule is CC(C)n1nnnc1CSCC(=O)NCCCn1ccnc1. The van der Waals surface area contributed by atoms with Crippen molar-refractivity contribution in [3.05, 3.63) is 24.5 Å². The number of aryl methyl sites for hydroxylation is 1. The lowest BCUT2D eigenvalue weighted by molar-refractivity contribution is -0.118. The molecule has 2 heterocycles. The molecule has 0 aliphatic carbocycles. The molecule has 0 aliphatic rings. The molecule has 0 spiro atoms. The van der Waals surface area contributed by atoms with Crippen LogP contribution in [0.15, 0.2) is 18.7 Å². The Kier molecular flexibility index (Phi) is 6.38. The lowest BCUT2D eigenvalue weighted by Crippen LogP contribution is -2.27. The minimum atomic E-state index is 0.0409. The molecule has 0 saturated carbocycles. The molecular weight excluding hydrogens is 302 g/mol. The summed E-state index contributed by atoms with van der Waals surface area (Å²) in [6.45, 7) is 5.58. The van der Waals surface area contributed by atoms with Crippen LogP contribution in [-0.4, -0.2) is 48.0 Å². The molecule has 1 N–H and O–H groups in total. The van der Waals surface area contributed by atoms with Crippen LogP contribution < -0.4 is 5.32 Å². The Morgan fingerprint density at radius 1 is 1.45 bits per heavy atom. The maximum absolute atomic E-state index is 11.7. The molecule has 2 aromatic rings. The topological polar surface area (TPSA) is 90.5 Å². The predicted octanol–water partition coefficient (Wildman–Crippen LogP) is 0.890. The molecule has 0 atom stereocenters. The van der Waals surface area contributed by atoms with Gasteiger partial charge in [-0.15, -0.1) is 16.9 Å². The Hall–Kier alpha value is -1.90. The first-order valence-electron chi connectivity index (χ1n) is 7.23. The Labute approximate surface area is 133 Å².